The summed E-state index contributed by atoms with van der Waals surface area (Å²) in [6.45, 7) is 8.24. The second kappa shape index (κ2) is 19.9. The van der Waals surface area contributed by atoms with E-state index < -0.39 is 97.1 Å². The van der Waals surface area contributed by atoms with Gasteiger partial charge in [-0.3, -0.25) is 19.2 Å². The van der Waals surface area contributed by atoms with Crippen molar-refractivity contribution in [3.8, 4) is 0 Å². The Kier molecular flexibility index (Phi) is 18.3. The number of aliphatic carboxylic acids is 4. The molecular weight excluding hydrogens is 612 g/mol. The van der Waals surface area contributed by atoms with Crippen LogP contribution in [-0.2, 0) is 57.2 Å². The molecule has 0 saturated carbocycles. The van der Waals surface area contributed by atoms with Gasteiger partial charge in [0.05, 0.1) is 76.5 Å². The zero-order valence-electron chi connectivity index (χ0n) is 25.8. The summed E-state index contributed by atoms with van der Waals surface area (Å²) in [5.74, 6) is -9.14. The van der Waals surface area contributed by atoms with Crippen molar-refractivity contribution in [1.29, 1.82) is 0 Å². The van der Waals surface area contributed by atoms with Crippen LogP contribution < -0.4 is 0 Å². The van der Waals surface area contributed by atoms with Gasteiger partial charge in [0.25, 0.3) is 0 Å². The Balaban J connectivity index is 4.29. The van der Waals surface area contributed by atoms with E-state index in [2.05, 4.69) is 0 Å². The predicted molar refractivity (Wildman–Crippen MR) is 147 cm³/mol. The summed E-state index contributed by atoms with van der Waals surface area (Å²) >= 11 is 0. The first kappa shape index (κ1) is 41.6. The van der Waals surface area contributed by atoms with Crippen LogP contribution in [0.1, 0.15) is 60.3 Å². The first-order valence-electron chi connectivity index (χ1n) is 13.9. The number of ether oxygens (including phenoxy) is 6. The van der Waals surface area contributed by atoms with Crippen LogP contribution in [0.3, 0.4) is 0 Å². The topological polar surface area (TPSA) is 279 Å². The molecule has 0 rings (SSSR count). The Hall–Kier alpha value is -3.42. The van der Waals surface area contributed by atoms with Gasteiger partial charge in [0, 0.05) is 0 Å². The molecule has 0 aromatic carbocycles. The summed E-state index contributed by atoms with van der Waals surface area (Å²) in [5.41, 5.74) is -5.59. The molecule has 0 amide bonds. The molecule has 0 heterocycles. The quantitative estimate of drug-likeness (QED) is 0.0672. The van der Waals surface area contributed by atoms with Gasteiger partial charge in [-0.1, -0.05) is 0 Å². The predicted octanol–water partition coefficient (Wildman–Crippen LogP) is -0.557. The van der Waals surface area contributed by atoms with E-state index in [1.54, 1.807) is 27.7 Å². The van der Waals surface area contributed by atoms with E-state index in [0.29, 0.717) is 0 Å². The van der Waals surface area contributed by atoms with Gasteiger partial charge < -0.3 is 59.1 Å². The Labute approximate surface area is 259 Å². The van der Waals surface area contributed by atoms with E-state index >= 15 is 0 Å². The molecule has 0 aliphatic rings. The third-order valence-corrected chi connectivity index (χ3v) is 5.83. The molecular formula is C27H44O18. The molecule has 0 aromatic rings. The number of hydrogen-bond acceptors (Lipinski definition) is 14. The zero-order chi connectivity index (χ0) is 35.0. The van der Waals surface area contributed by atoms with Crippen molar-refractivity contribution in [3.63, 3.8) is 0 Å². The van der Waals surface area contributed by atoms with Gasteiger partial charge in [-0.15, -0.1) is 0 Å². The molecule has 6 N–H and O–H groups in total. The second-order valence-electron chi connectivity index (χ2n) is 10.7. The maximum absolute atomic E-state index is 12.0. The fourth-order valence-corrected chi connectivity index (χ4v) is 3.36. The largest absolute Gasteiger partial charge is 0.481 e. The standard InChI is InChI=1S/C27H44O18/c1-15(41-12-17(3)43-14-19(5)45-23(33)9-27(39,25(36)37)7-21(30)31)10-40-16(2)11-42-18(4)13-44-22(32)8-26(38,24(34)35)6-20(28)29/h15-19,38-39H,6-14H2,1-5H3,(H,28,29)(H,30,31)(H,34,35)(H,36,37). The Morgan fingerprint density at radius 2 is 0.800 bits per heavy atom. The average Bonchev–Trinajstić information content (AvgIpc) is 2.90. The number of hydrogen-bond donors (Lipinski definition) is 6. The van der Waals surface area contributed by atoms with Crippen LogP contribution in [0.5, 0.6) is 0 Å². The fourth-order valence-electron chi connectivity index (χ4n) is 3.36. The summed E-state index contributed by atoms with van der Waals surface area (Å²) in [5, 5.41) is 55.3. The van der Waals surface area contributed by atoms with Crippen LogP contribution >= 0.6 is 0 Å². The van der Waals surface area contributed by atoms with Gasteiger partial charge in [-0.2, -0.15) is 0 Å². The van der Waals surface area contributed by atoms with Crippen LogP contribution in [0.2, 0.25) is 0 Å². The van der Waals surface area contributed by atoms with Gasteiger partial charge in [0.1, 0.15) is 12.7 Å². The smallest absolute Gasteiger partial charge is 0.336 e. The third-order valence-electron chi connectivity index (χ3n) is 5.83. The Morgan fingerprint density at radius 1 is 0.489 bits per heavy atom. The lowest BCUT2D eigenvalue weighted by Gasteiger charge is -2.23. The van der Waals surface area contributed by atoms with Gasteiger partial charge >= 0.3 is 35.8 Å². The highest BCUT2D eigenvalue weighted by Gasteiger charge is 2.42. The maximum Gasteiger partial charge on any atom is 0.336 e. The van der Waals surface area contributed by atoms with Crippen molar-refractivity contribution in [3.05, 3.63) is 0 Å². The molecule has 18 nitrogen and oxygen atoms in total. The van der Waals surface area contributed by atoms with E-state index in [1.165, 1.54) is 6.92 Å². The molecule has 0 bridgehead atoms. The van der Waals surface area contributed by atoms with Crippen molar-refractivity contribution in [2.45, 2.75) is 102 Å². The molecule has 45 heavy (non-hydrogen) atoms. The highest BCUT2D eigenvalue weighted by Crippen LogP contribution is 2.18. The monoisotopic (exact) mass is 656 g/mol. The van der Waals surface area contributed by atoms with E-state index in [4.69, 9.17) is 48.8 Å². The van der Waals surface area contributed by atoms with Crippen LogP contribution in [0, 0.1) is 0 Å². The van der Waals surface area contributed by atoms with Gasteiger partial charge in [-0.25, -0.2) is 9.59 Å². The highest BCUT2D eigenvalue weighted by atomic mass is 16.6. The molecule has 7 atom stereocenters. The van der Waals surface area contributed by atoms with Gasteiger partial charge in [0.15, 0.2) is 11.2 Å². The molecule has 0 fully saturated rings. The number of esters is 2. The van der Waals surface area contributed by atoms with Crippen LogP contribution in [0.15, 0.2) is 0 Å². The van der Waals surface area contributed by atoms with E-state index in [1.807, 2.05) is 0 Å². The van der Waals surface area contributed by atoms with Crippen molar-refractivity contribution >= 4 is 35.8 Å². The van der Waals surface area contributed by atoms with Crippen LogP contribution in [0.4, 0.5) is 0 Å². The number of aliphatic hydroxyl groups is 2. The van der Waals surface area contributed by atoms with E-state index in [0.717, 1.165) is 0 Å². The number of carboxylic acid groups (broad SMARTS) is 4. The minimum Gasteiger partial charge on any atom is -0.481 e. The lowest BCUT2D eigenvalue weighted by Crippen LogP contribution is -2.43. The number of rotatable bonds is 25. The molecule has 0 aliphatic carbocycles. The highest BCUT2D eigenvalue weighted by molar-refractivity contribution is 5.89. The molecule has 260 valence electrons. The zero-order valence-corrected chi connectivity index (χ0v) is 25.8. The molecule has 0 spiro atoms. The molecule has 0 radical (unpaired) electrons. The Bertz CT molecular complexity index is 1000. The normalized spacial score (nSPS) is 17.4. The molecule has 0 aromatic heterocycles. The summed E-state index contributed by atoms with van der Waals surface area (Å²) < 4.78 is 32.3. The van der Waals surface area contributed by atoms with Crippen LogP contribution in [-0.4, -0.2) is 141 Å². The minimum absolute atomic E-state index is 0.0871. The third kappa shape index (κ3) is 18.2. The van der Waals surface area contributed by atoms with Crippen LogP contribution in [0.25, 0.3) is 0 Å². The lowest BCUT2D eigenvalue weighted by atomic mass is 9.96. The number of carbonyl (C=O) groups is 6. The first-order valence-corrected chi connectivity index (χ1v) is 13.9. The number of carboxylic acids is 4. The molecule has 18 heteroatoms. The fraction of sp³-hybridized carbons (Fsp3) is 0.778. The van der Waals surface area contributed by atoms with Crippen molar-refractivity contribution in [2.24, 2.45) is 0 Å². The lowest BCUT2D eigenvalue weighted by molar-refractivity contribution is -0.174. The van der Waals surface area contributed by atoms with Crippen molar-refractivity contribution in [1.82, 2.24) is 0 Å². The summed E-state index contributed by atoms with van der Waals surface area (Å²) in [6.07, 6.45) is -7.13. The molecule has 7 unspecified atom stereocenters. The molecule has 0 aliphatic heterocycles. The van der Waals surface area contributed by atoms with E-state index in [9.17, 15) is 39.0 Å². The second-order valence-corrected chi connectivity index (χ2v) is 10.7. The SMILES string of the molecule is CC(COC(=O)CC(O)(CC(=O)O)C(=O)O)OCC(C)OCC(C)OCC(C)OCC(C)OC(=O)CC(O)(CC(=O)O)C(=O)O. The van der Waals surface area contributed by atoms with Gasteiger partial charge in [0.2, 0.25) is 0 Å². The van der Waals surface area contributed by atoms with E-state index in [-0.39, 0.29) is 39.1 Å². The maximum atomic E-state index is 12.0. The average molecular weight is 657 g/mol. The Morgan fingerprint density at radius 3 is 1.13 bits per heavy atom. The summed E-state index contributed by atoms with van der Waals surface area (Å²) in [7, 11) is 0. The van der Waals surface area contributed by atoms with Gasteiger partial charge in [-0.05, 0) is 34.6 Å². The molecule has 0 saturated heterocycles. The minimum atomic E-state index is -2.80. The summed E-state index contributed by atoms with van der Waals surface area (Å²) in [6, 6.07) is 0. The summed E-state index contributed by atoms with van der Waals surface area (Å²) in [4.78, 5) is 67.7. The number of carbonyl (C=O) groups excluding carboxylic acids is 2. The van der Waals surface area contributed by atoms with Crippen molar-refractivity contribution in [2.75, 3.05) is 33.0 Å². The van der Waals surface area contributed by atoms with Crippen molar-refractivity contribution < 1.29 is 87.8 Å². The first-order chi connectivity index (χ1) is 20.7.